The molecule has 0 unspecified atom stereocenters. The topological polar surface area (TPSA) is 24.9 Å². The largest absolute Gasteiger partial charge is 0.343 e. The van der Waals surface area contributed by atoms with Crippen LogP contribution in [0.5, 0.6) is 0 Å². The predicted molar refractivity (Wildman–Crippen MR) is 66.8 cm³/mol. The number of aromatic nitrogens is 1. The molecule has 1 N–H and O–H groups in total. The van der Waals surface area contributed by atoms with Crippen LogP contribution in [0.2, 0.25) is 0 Å². The summed E-state index contributed by atoms with van der Waals surface area (Å²) in [5.41, 5.74) is 2.48. The average Bonchev–Trinajstić information content (AvgIpc) is 2.24. The first kappa shape index (κ1) is 10.7. The molecule has 1 aliphatic rings. The molecule has 0 fully saturated rings. The van der Waals surface area contributed by atoms with E-state index in [1.54, 1.807) is 0 Å². The maximum atomic E-state index is 4.37. The Morgan fingerprint density at radius 3 is 2.93 bits per heavy atom. The third kappa shape index (κ3) is 2.81. The van der Waals surface area contributed by atoms with Gasteiger partial charge < -0.3 is 5.32 Å². The molecule has 0 saturated heterocycles. The number of pyridine rings is 1. The lowest BCUT2D eigenvalue weighted by Crippen LogP contribution is -2.05. The zero-order valence-corrected chi connectivity index (χ0v) is 10.5. The van der Waals surface area contributed by atoms with Gasteiger partial charge in [0, 0.05) is 11.9 Å². The predicted octanol–water partition coefficient (Wildman–Crippen LogP) is 4.02. The van der Waals surface area contributed by atoms with E-state index in [1.165, 1.54) is 30.5 Å². The number of anilines is 1. The van der Waals surface area contributed by atoms with Gasteiger partial charge in [0.15, 0.2) is 0 Å². The van der Waals surface area contributed by atoms with Crippen LogP contribution in [0.3, 0.4) is 0 Å². The Morgan fingerprint density at radius 1 is 1.40 bits per heavy atom. The van der Waals surface area contributed by atoms with E-state index in [-0.39, 0.29) is 0 Å². The molecule has 0 aliphatic heterocycles. The van der Waals surface area contributed by atoms with Crippen molar-refractivity contribution >= 4 is 21.7 Å². The number of nitrogens with zero attached hydrogens (tertiary/aromatic N) is 1. The maximum Gasteiger partial charge on any atom is 0.144 e. The fourth-order valence-electron chi connectivity index (χ4n) is 1.73. The first-order valence-electron chi connectivity index (χ1n) is 5.34. The summed E-state index contributed by atoms with van der Waals surface area (Å²) in [6.07, 6.45) is 9.08. The summed E-state index contributed by atoms with van der Waals surface area (Å²) in [6, 6.07) is 2.08. The zero-order chi connectivity index (χ0) is 10.7. The van der Waals surface area contributed by atoms with Crippen molar-refractivity contribution in [1.82, 2.24) is 4.98 Å². The van der Waals surface area contributed by atoms with E-state index in [2.05, 4.69) is 38.4 Å². The lowest BCUT2D eigenvalue weighted by Gasteiger charge is -2.15. The number of hydrogen-bond donors (Lipinski definition) is 1. The van der Waals surface area contributed by atoms with Gasteiger partial charge >= 0.3 is 0 Å². The van der Waals surface area contributed by atoms with Crippen LogP contribution >= 0.6 is 15.9 Å². The Labute approximate surface area is 98.9 Å². The minimum Gasteiger partial charge on any atom is -0.343 e. The summed E-state index contributed by atoms with van der Waals surface area (Å²) < 4.78 is 1.04. The van der Waals surface area contributed by atoms with Crippen molar-refractivity contribution in [3.8, 4) is 0 Å². The van der Waals surface area contributed by atoms with Gasteiger partial charge in [-0.3, -0.25) is 0 Å². The van der Waals surface area contributed by atoms with E-state index in [0.29, 0.717) is 0 Å². The number of nitrogens with one attached hydrogen (secondary N) is 1. The number of halogens is 1. The van der Waals surface area contributed by atoms with Crippen LogP contribution < -0.4 is 5.32 Å². The molecule has 0 saturated carbocycles. The van der Waals surface area contributed by atoms with Gasteiger partial charge in [-0.1, -0.05) is 6.08 Å². The monoisotopic (exact) mass is 266 g/mol. The van der Waals surface area contributed by atoms with Crippen molar-refractivity contribution in [3.05, 3.63) is 34.1 Å². The first-order valence-corrected chi connectivity index (χ1v) is 6.13. The standard InChI is InChI=1S/C12H15BrN2/c1-9-7-11(13)12(14-8-9)15-10-5-3-2-4-6-10/h5,7-8H,2-4,6H2,1H3,(H,14,15). The maximum absolute atomic E-state index is 4.37. The molecule has 1 aliphatic carbocycles. The molecule has 0 spiro atoms. The van der Waals surface area contributed by atoms with E-state index in [0.717, 1.165) is 16.7 Å². The van der Waals surface area contributed by atoms with Crippen molar-refractivity contribution in [1.29, 1.82) is 0 Å². The fourth-order valence-corrected chi connectivity index (χ4v) is 2.29. The minimum absolute atomic E-state index is 0.925. The van der Waals surface area contributed by atoms with Crippen LogP contribution in [-0.2, 0) is 0 Å². The number of allylic oxidation sites excluding steroid dienone is 2. The van der Waals surface area contributed by atoms with E-state index >= 15 is 0 Å². The summed E-state index contributed by atoms with van der Waals surface area (Å²) in [7, 11) is 0. The summed E-state index contributed by atoms with van der Waals surface area (Å²) in [5, 5.41) is 3.38. The molecule has 15 heavy (non-hydrogen) atoms. The molecule has 0 amide bonds. The summed E-state index contributed by atoms with van der Waals surface area (Å²) >= 11 is 3.52. The highest BCUT2D eigenvalue weighted by atomic mass is 79.9. The summed E-state index contributed by atoms with van der Waals surface area (Å²) in [6.45, 7) is 2.04. The smallest absolute Gasteiger partial charge is 0.144 e. The SMILES string of the molecule is Cc1cnc(NC2=CCCCC2)c(Br)c1. The molecule has 0 radical (unpaired) electrons. The molecule has 1 heterocycles. The molecule has 1 aromatic rings. The fraction of sp³-hybridized carbons (Fsp3) is 0.417. The van der Waals surface area contributed by atoms with Crippen molar-refractivity contribution in [2.75, 3.05) is 5.32 Å². The van der Waals surface area contributed by atoms with Gasteiger partial charge in [0.1, 0.15) is 5.82 Å². The van der Waals surface area contributed by atoms with Crippen LogP contribution in [0.15, 0.2) is 28.5 Å². The molecule has 80 valence electrons. The molecule has 3 heteroatoms. The van der Waals surface area contributed by atoms with Crippen molar-refractivity contribution in [2.24, 2.45) is 0 Å². The van der Waals surface area contributed by atoms with Crippen LogP contribution in [0.25, 0.3) is 0 Å². The third-order valence-corrected chi connectivity index (χ3v) is 3.15. The van der Waals surface area contributed by atoms with Crippen LogP contribution in [0.1, 0.15) is 31.2 Å². The Hall–Kier alpha value is -0.830. The Kier molecular flexibility index (Phi) is 3.41. The highest BCUT2D eigenvalue weighted by Crippen LogP contribution is 2.25. The Balaban J connectivity index is 2.13. The molecule has 0 aromatic carbocycles. The first-order chi connectivity index (χ1) is 7.25. The van der Waals surface area contributed by atoms with Gasteiger partial charge in [-0.15, -0.1) is 0 Å². The molecule has 0 atom stereocenters. The van der Waals surface area contributed by atoms with Crippen molar-refractivity contribution in [2.45, 2.75) is 32.6 Å². The summed E-state index contributed by atoms with van der Waals surface area (Å²) in [5.74, 6) is 0.925. The quantitative estimate of drug-likeness (QED) is 0.875. The molecule has 0 bridgehead atoms. The summed E-state index contributed by atoms with van der Waals surface area (Å²) in [4.78, 5) is 4.37. The van der Waals surface area contributed by atoms with E-state index in [9.17, 15) is 0 Å². The third-order valence-electron chi connectivity index (χ3n) is 2.55. The zero-order valence-electron chi connectivity index (χ0n) is 8.89. The van der Waals surface area contributed by atoms with Gasteiger partial charge in [-0.05, 0) is 60.2 Å². The van der Waals surface area contributed by atoms with E-state index in [1.807, 2.05) is 13.1 Å². The number of hydrogen-bond acceptors (Lipinski definition) is 2. The lowest BCUT2D eigenvalue weighted by atomic mass is 10.1. The Bertz CT molecular complexity index is 385. The molecular formula is C12H15BrN2. The van der Waals surface area contributed by atoms with Gasteiger partial charge in [0.05, 0.1) is 4.47 Å². The van der Waals surface area contributed by atoms with Crippen LogP contribution in [0, 0.1) is 6.92 Å². The lowest BCUT2D eigenvalue weighted by molar-refractivity contribution is 0.703. The number of rotatable bonds is 2. The van der Waals surface area contributed by atoms with Gasteiger partial charge in [0.25, 0.3) is 0 Å². The highest BCUT2D eigenvalue weighted by molar-refractivity contribution is 9.10. The molecular weight excluding hydrogens is 252 g/mol. The highest BCUT2D eigenvalue weighted by Gasteiger charge is 2.06. The average molecular weight is 267 g/mol. The second kappa shape index (κ2) is 4.79. The van der Waals surface area contributed by atoms with Gasteiger partial charge in [0.2, 0.25) is 0 Å². The van der Waals surface area contributed by atoms with Crippen molar-refractivity contribution < 1.29 is 0 Å². The van der Waals surface area contributed by atoms with Gasteiger partial charge in [-0.25, -0.2) is 4.98 Å². The van der Waals surface area contributed by atoms with Gasteiger partial charge in [-0.2, -0.15) is 0 Å². The van der Waals surface area contributed by atoms with Crippen LogP contribution in [-0.4, -0.2) is 4.98 Å². The molecule has 2 rings (SSSR count). The molecule has 2 nitrogen and oxygen atoms in total. The Morgan fingerprint density at radius 2 is 2.27 bits per heavy atom. The molecule has 1 aromatic heterocycles. The van der Waals surface area contributed by atoms with Crippen LogP contribution in [0.4, 0.5) is 5.82 Å². The van der Waals surface area contributed by atoms with E-state index < -0.39 is 0 Å². The second-order valence-electron chi connectivity index (χ2n) is 3.94. The van der Waals surface area contributed by atoms with Crippen molar-refractivity contribution in [3.63, 3.8) is 0 Å². The second-order valence-corrected chi connectivity index (χ2v) is 4.80. The van der Waals surface area contributed by atoms with E-state index in [4.69, 9.17) is 0 Å². The normalized spacial score (nSPS) is 16.0. The number of aryl methyl sites for hydroxylation is 1. The minimum atomic E-state index is 0.925.